The molecule has 0 saturated heterocycles. The first-order chi connectivity index (χ1) is 12.1. The number of hydrogen-bond donors (Lipinski definition) is 4. The van der Waals surface area contributed by atoms with E-state index < -0.39 is 0 Å². The van der Waals surface area contributed by atoms with Crippen LogP contribution in [0.25, 0.3) is 0 Å². The van der Waals surface area contributed by atoms with Crippen molar-refractivity contribution in [3.63, 3.8) is 0 Å². The molecular formula is C16H28N8O. The fraction of sp³-hybridized carbons (Fsp3) is 0.625. The van der Waals surface area contributed by atoms with Crippen molar-refractivity contribution in [2.24, 2.45) is 0 Å². The Labute approximate surface area is 148 Å². The molecule has 138 valence electrons. The van der Waals surface area contributed by atoms with E-state index in [1.807, 2.05) is 31.5 Å². The van der Waals surface area contributed by atoms with Gasteiger partial charge in [0.25, 0.3) is 0 Å². The van der Waals surface area contributed by atoms with Gasteiger partial charge in [0.1, 0.15) is 0 Å². The number of hydrogen-bond acceptors (Lipinski definition) is 8. The Kier molecular flexibility index (Phi) is 7.39. The fourth-order valence-electron chi connectivity index (χ4n) is 2.18. The lowest BCUT2D eigenvalue weighted by Crippen LogP contribution is -2.25. The number of anilines is 3. The van der Waals surface area contributed by atoms with Crippen LogP contribution >= 0.6 is 0 Å². The van der Waals surface area contributed by atoms with Gasteiger partial charge < -0.3 is 25.6 Å². The molecule has 9 nitrogen and oxygen atoms in total. The van der Waals surface area contributed by atoms with Gasteiger partial charge in [-0.1, -0.05) is 6.92 Å². The smallest absolute Gasteiger partial charge is 0.229 e. The number of nitrogens with one attached hydrogen (secondary N) is 3. The van der Waals surface area contributed by atoms with Crippen LogP contribution in [-0.4, -0.2) is 54.8 Å². The Morgan fingerprint density at radius 2 is 1.84 bits per heavy atom. The van der Waals surface area contributed by atoms with E-state index in [1.165, 1.54) is 0 Å². The zero-order valence-electron chi connectivity index (χ0n) is 15.1. The molecule has 0 radical (unpaired) electrons. The number of rotatable bonds is 11. The van der Waals surface area contributed by atoms with Crippen LogP contribution in [0.15, 0.2) is 18.7 Å². The SMILES string of the molecule is CC[C@H](CO)Nc1nc(NCCCn2ccnc2)nc(NC(C)C)n1. The maximum absolute atomic E-state index is 9.36. The van der Waals surface area contributed by atoms with E-state index in [0.29, 0.717) is 17.8 Å². The number of imidazole rings is 1. The summed E-state index contributed by atoms with van der Waals surface area (Å²) in [5, 5.41) is 18.9. The summed E-state index contributed by atoms with van der Waals surface area (Å²) >= 11 is 0. The molecule has 0 aliphatic rings. The largest absolute Gasteiger partial charge is 0.394 e. The molecule has 0 aliphatic heterocycles. The summed E-state index contributed by atoms with van der Waals surface area (Å²) in [6, 6.07) is 0.132. The minimum atomic E-state index is -0.0802. The van der Waals surface area contributed by atoms with Crippen LogP contribution in [-0.2, 0) is 6.54 Å². The van der Waals surface area contributed by atoms with Crippen molar-refractivity contribution >= 4 is 17.8 Å². The molecule has 0 aliphatic carbocycles. The van der Waals surface area contributed by atoms with Gasteiger partial charge >= 0.3 is 0 Å². The van der Waals surface area contributed by atoms with Gasteiger partial charge in [-0.05, 0) is 26.7 Å². The highest BCUT2D eigenvalue weighted by Crippen LogP contribution is 2.12. The first-order valence-corrected chi connectivity index (χ1v) is 8.70. The van der Waals surface area contributed by atoms with Crippen LogP contribution in [0.3, 0.4) is 0 Å². The topological polar surface area (TPSA) is 113 Å². The molecule has 0 aromatic carbocycles. The van der Waals surface area contributed by atoms with Crippen LogP contribution in [0.4, 0.5) is 17.8 Å². The lowest BCUT2D eigenvalue weighted by molar-refractivity contribution is 0.271. The summed E-state index contributed by atoms with van der Waals surface area (Å²) in [4.78, 5) is 17.2. The van der Waals surface area contributed by atoms with E-state index in [2.05, 4.69) is 35.9 Å². The molecule has 2 aromatic rings. The van der Waals surface area contributed by atoms with E-state index >= 15 is 0 Å². The monoisotopic (exact) mass is 348 g/mol. The van der Waals surface area contributed by atoms with E-state index in [4.69, 9.17) is 0 Å². The molecule has 0 saturated carbocycles. The first kappa shape index (κ1) is 18.9. The Morgan fingerprint density at radius 3 is 2.44 bits per heavy atom. The van der Waals surface area contributed by atoms with Crippen LogP contribution in [0.1, 0.15) is 33.6 Å². The molecule has 0 unspecified atom stereocenters. The highest BCUT2D eigenvalue weighted by Gasteiger charge is 2.11. The van der Waals surface area contributed by atoms with Crippen molar-refractivity contribution < 1.29 is 5.11 Å². The molecule has 0 fully saturated rings. The second-order valence-electron chi connectivity index (χ2n) is 6.12. The molecule has 9 heteroatoms. The van der Waals surface area contributed by atoms with Crippen LogP contribution < -0.4 is 16.0 Å². The quantitative estimate of drug-likeness (QED) is 0.453. The van der Waals surface area contributed by atoms with Crippen molar-refractivity contribution in [2.75, 3.05) is 29.1 Å². The lowest BCUT2D eigenvalue weighted by Gasteiger charge is -2.16. The predicted molar refractivity (Wildman–Crippen MR) is 98.7 cm³/mol. The van der Waals surface area contributed by atoms with Crippen molar-refractivity contribution in [3.05, 3.63) is 18.7 Å². The number of nitrogens with zero attached hydrogens (tertiary/aromatic N) is 5. The molecule has 0 amide bonds. The van der Waals surface area contributed by atoms with Crippen molar-refractivity contribution in [3.8, 4) is 0 Å². The second kappa shape index (κ2) is 9.77. The van der Waals surface area contributed by atoms with Gasteiger partial charge in [0.05, 0.1) is 19.0 Å². The third-order valence-electron chi connectivity index (χ3n) is 3.53. The van der Waals surface area contributed by atoms with E-state index in [1.54, 1.807) is 12.5 Å². The first-order valence-electron chi connectivity index (χ1n) is 8.70. The Bertz CT molecular complexity index is 613. The minimum Gasteiger partial charge on any atom is -0.394 e. The third kappa shape index (κ3) is 6.54. The standard InChI is InChI=1S/C16H28N8O/c1-4-13(10-25)20-16-22-14(21-15(23-16)19-12(2)3)18-6-5-8-24-9-7-17-11-24/h7,9,11-13,25H,4-6,8,10H2,1-3H3,(H3,18,19,20,21,22,23)/t13-/m1/s1. The average molecular weight is 348 g/mol. The number of aliphatic hydroxyl groups is 1. The Balaban J connectivity index is 1.98. The predicted octanol–water partition coefficient (Wildman–Crippen LogP) is 1.57. The summed E-state index contributed by atoms with van der Waals surface area (Å²) in [7, 11) is 0. The lowest BCUT2D eigenvalue weighted by atomic mass is 10.2. The number of aromatic nitrogens is 5. The van der Waals surface area contributed by atoms with Gasteiger partial charge in [0.2, 0.25) is 17.8 Å². The van der Waals surface area contributed by atoms with Crippen molar-refractivity contribution in [1.82, 2.24) is 24.5 Å². The summed E-state index contributed by atoms with van der Waals surface area (Å²) in [6.45, 7) is 7.69. The molecule has 0 spiro atoms. The normalized spacial score (nSPS) is 12.2. The molecule has 2 aromatic heterocycles. The van der Waals surface area contributed by atoms with E-state index in [-0.39, 0.29) is 18.7 Å². The molecule has 2 heterocycles. The van der Waals surface area contributed by atoms with E-state index in [9.17, 15) is 5.11 Å². The van der Waals surface area contributed by atoms with Gasteiger partial charge in [-0.15, -0.1) is 0 Å². The van der Waals surface area contributed by atoms with Crippen LogP contribution in [0.2, 0.25) is 0 Å². The minimum absolute atomic E-state index is 0.0305. The number of aliphatic hydroxyl groups excluding tert-OH is 1. The molecule has 1 atom stereocenters. The third-order valence-corrected chi connectivity index (χ3v) is 3.53. The highest BCUT2D eigenvalue weighted by molar-refractivity contribution is 5.42. The molecule has 25 heavy (non-hydrogen) atoms. The van der Waals surface area contributed by atoms with Gasteiger partial charge in [0.15, 0.2) is 0 Å². The highest BCUT2D eigenvalue weighted by atomic mass is 16.3. The molecular weight excluding hydrogens is 320 g/mol. The summed E-state index contributed by atoms with van der Waals surface area (Å²) < 4.78 is 2.03. The van der Waals surface area contributed by atoms with Crippen LogP contribution in [0, 0.1) is 0 Å². The zero-order chi connectivity index (χ0) is 18.1. The molecule has 4 N–H and O–H groups in total. The maximum Gasteiger partial charge on any atom is 0.229 e. The Hall–Kier alpha value is -2.42. The van der Waals surface area contributed by atoms with Crippen LogP contribution in [0.5, 0.6) is 0 Å². The van der Waals surface area contributed by atoms with E-state index in [0.717, 1.165) is 25.9 Å². The summed E-state index contributed by atoms with van der Waals surface area (Å²) in [6.07, 6.45) is 7.21. The van der Waals surface area contributed by atoms with Gasteiger partial charge in [-0.25, -0.2) is 4.98 Å². The maximum atomic E-state index is 9.36. The zero-order valence-corrected chi connectivity index (χ0v) is 15.1. The van der Waals surface area contributed by atoms with Gasteiger partial charge in [0, 0.05) is 31.5 Å². The summed E-state index contributed by atoms with van der Waals surface area (Å²) in [5.74, 6) is 1.48. The average Bonchev–Trinajstić information content (AvgIpc) is 3.09. The van der Waals surface area contributed by atoms with Crippen molar-refractivity contribution in [2.45, 2.75) is 52.2 Å². The summed E-state index contributed by atoms with van der Waals surface area (Å²) in [5.41, 5.74) is 0. The van der Waals surface area contributed by atoms with Crippen molar-refractivity contribution in [1.29, 1.82) is 0 Å². The number of aryl methyl sites for hydroxylation is 1. The van der Waals surface area contributed by atoms with Gasteiger partial charge in [-0.3, -0.25) is 0 Å². The second-order valence-corrected chi connectivity index (χ2v) is 6.12. The molecule has 0 bridgehead atoms. The Morgan fingerprint density at radius 1 is 1.12 bits per heavy atom. The molecule has 2 rings (SSSR count). The fourth-order valence-corrected chi connectivity index (χ4v) is 2.18. The van der Waals surface area contributed by atoms with Gasteiger partial charge in [-0.2, -0.15) is 15.0 Å².